The lowest BCUT2D eigenvalue weighted by Crippen LogP contribution is -2.39. The summed E-state index contributed by atoms with van der Waals surface area (Å²) < 4.78 is 6.09. The van der Waals surface area contributed by atoms with Gasteiger partial charge in [0, 0.05) is 37.1 Å². The third-order valence-corrected chi connectivity index (χ3v) is 5.35. The molecule has 0 aliphatic carbocycles. The van der Waals surface area contributed by atoms with Gasteiger partial charge in [-0.2, -0.15) is 12.1 Å². The maximum absolute atomic E-state index is 11.8. The van der Waals surface area contributed by atoms with E-state index in [1.165, 1.54) is 19.6 Å². The molecular formula is C20H27N5O4S. The second kappa shape index (κ2) is 11.6. The predicted octanol–water partition coefficient (Wildman–Crippen LogP) is 3.33. The van der Waals surface area contributed by atoms with Gasteiger partial charge < -0.3 is 5.14 Å². The summed E-state index contributed by atoms with van der Waals surface area (Å²) in [7, 11) is 0. The Balaban J connectivity index is 2.76. The first-order valence-electron chi connectivity index (χ1n) is 10.1. The molecule has 1 heterocycles. The Morgan fingerprint density at radius 3 is 2.63 bits per heavy atom. The van der Waals surface area contributed by atoms with Crippen molar-refractivity contribution < 1.29 is 9.85 Å². The van der Waals surface area contributed by atoms with E-state index in [-0.39, 0.29) is 12.0 Å². The van der Waals surface area contributed by atoms with Crippen LogP contribution in [0.3, 0.4) is 0 Å². The lowest BCUT2D eigenvalue weighted by atomic mass is 10.0. The molecular weight excluding hydrogens is 406 g/mol. The van der Waals surface area contributed by atoms with E-state index in [1.807, 2.05) is 12.1 Å². The summed E-state index contributed by atoms with van der Waals surface area (Å²) in [4.78, 5) is 21.7. The number of nitrogens with one attached hydrogen (secondary N) is 1. The molecule has 0 bridgehead atoms. The van der Waals surface area contributed by atoms with Crippen molar-refractivity contribution in [1.82, 2.24) is 4.58 Å². The molecule has 0 atom stereocenters. The van der Waals surface area contributed by atoms with Crippen molar-refractivity contribution in [3.63, 3.8) is 0 Å². The van der Waals surface area contributed by atoms with Crippen LogP contribution in [0.25, 0.3) is 10.7 Å². The largest absolute Gasteiger partial charge is 0.601 e. The highest BCUT2D eigenvalue weighted by molar-refractivity contribution is 7.99. The van der Waals surface area contributed by atoms with Crippen molar-refractivity contribution in [2.75, 3.05) is 13.1 Å². The molecule has 1 aromatic rings. The number of rotatable bonds is 10. The summed E-state index contributed by atoms with van der Waals surface area (Å²) in [5.74, 6) is 0. The average molecular weight is 434 g/mol. The summed E-state index contributed by atoms with van der Waals surface area (Å²) in [6, 6.07) is 5.56. The van der Waals surface area contributed by atoms with E-state index in [9.17, 15) is 20.2 Å². The zero-order valence-corrected chi connectivity index (χ0v) is 18.1. The predicted molar refractivity (Wildman–Crippen MR) is 120 cm³/mol. The van der Waals surface area contributed by atoms with Crippen LogP contribution in [-0.4, -0.2) is 29.2 Å². The highest BCUT2D eigenvalue weighted by atomic mass is 32.2. The molecule has 1 aliphatic heterocycles. The number of unbranched alkanes of at least 4 members (excludes halogenated alkanes) is 2. The van der Waals surface area contributed by atoms with Crippen molar-refractivity contribution >= 4 is 23.9 Å². The summed E-state index contributed by atoms with van der Waals surface area (Å²) in [5, 5.41) is 32.0. The van der Waals surface area contributed by atoms with Crippen LogP contribution in [0.2, 0.25) is 0 Å². The average Bonchev–Trinajstić information content (AvgIpc) is 2.72. The quantitative estimate of drug-likeness (QED) is 0.140. The van der Waals surface area contributed by atoms with Gasteiger partial charge >= 0.3 is 11.4 Å². The van der Waals surface area contributed by atoms with E-state index >= 15 is 0 Å². The molecule has 0 spiro atoms. The van der Waals surface area contributed by atoms with Gasteiger partial charge in [-0.15, -0.1) is 0 Å². The standard InChI is InChI=1S/C20H27N5O4S/c1-3-5-6-11-23-12-7-8-16-13-15(9-10-19(16)23)17(14-22-30-21)20(25(28)29)18(4-2)24(26)27/h9-10,13-14,21H,3-8,11-12H2,1-2H3/b17-15+,20-18-,22-14+. The minimum Gasteiger partial charge on any atom is -0.601 e. The Morgan fingerprint density at radius 1 is 1.27 bits per heavy atom. The molecule has 1 aromatic carbocycles. The molecule has 2 rings (SSSR count). The van der Waals surface area contributed by atoms with Gasteiger partial charge in [0.05, 0.1) is 15.4 Å². The fourth-order valence-electron chi connectivity index (χ4n) is 3.72. The van der Waals surface area contributed by atoms with Crippen LogP contribution in [0, 0.1) is 20.2 Å². The molecule has 1 N–H and O–H groups in total. The normalized spacial score (nSPS) is 15.6. The number of benzene rings is 1. The smallest absolute Gasteiger partial charge is 0.350 e. The molecule has 10 heteroatoms. The first-order chi connectivity index (χ1) is 14.4. The van der Waals surface area contributed by atoms with Crippen molar-refractivity contribution in [3.8, 4) is 0 Å². The number of allylic oxidation sites excluding steroid dienone is 2. The topological polar surface area (TPSA) is 125 Å². The van der Waals surface area contributed by atoms with E-state index < -0.39 is 21.2 Å². The lowest BCUT2D eigenvalue weighted by Gasteiger charge is -2.12. The number of fused-ring (bicyclic) bond motifs is 1. The minimum atomic E-state index is -0.728. The van der Waals surface area contributed by atoms with Gasteiger partial charge in [0.2, 0.25) is 5.36 Å². The van der Waals surface area contributed by atoms with E-state index in [4.69, 9.17) is 5.14 Å². The van der Waals surface area contributed by atoms with Crippen LogP contribution in [-0.2, 0) is 6.42 Å². The zero-order chi connectivity index (χ0) is 22.1. The molecule has 0 fully saturated rings. The van der Waals surface area contributed by atoms with Crippen molar-refractivity contribution in [2.24, 2.45) is 4.40 Å². The van der Waals surface area contributed by atoms with Gasteiger partial charge in [0.15, 0.2) is 0 Å². The second-order valence-electron chi connectivity index (χ2n) is 7.04. The molecule has 162 valence electrons. The number of hydrogen-bond acceptors (Lipinski definition) is 6. The maximum atomic E-state index is 11.8. The summed E-state index contributed by atoms with van der Waals surface area (Å²) in [5.41, 5.74) is 0.0759. The Labute approximate surface area is 179 Å². The molecule has 0 aromatic heterocycles. The lowest BCUT2D eigenvalue weighted by molar-refractivity contribution is -0.467. The maximum Gasteiger partial charge on any atom is 0.350 e. The van der Waals surface area contributed by atoms with Gasteiger partial charge in [0.25, 0.3) is 0 Å². The van der Waals surface area contributed by atoms with Gasteiger partial charge in [-0.25, -0.2) is 8.97 Å². The first kappa shape index (κ1) is 23.7. The zero-order valence-electron chi connectivity index (χ0n) is 17.3. The highest BCUT2D eigenvalue weighted by Crippen LogP contribution is 2.19. The molecule has 0 saturated carbocycles. The fourth-order valence-corrected chi connectivity index (χ4v) is 3.88. The summed E-state index contributed by atoms with van der Waals surface area (Å²) in [6.45, 7) is 5.62. The number of nitro groups is 2. The molecule has 9 nitrogen and oxygen atoms in total. The molecule has 0 amide bonds. The van der Waals surface area contributed by atoms with E-state index in [2.05, 4.69) is 15.9 Å². The number of nitrogens with zero attached hydrogens (tertiary/aromatic N) is 4. The Bertz CT molecular complexity index is 987. The summed E-state index contributed by atoms with van der Waals surface area (Å²) in [6.07, 6.45) is 6.35. The molecule has 0 unspecified atom stereocenters. The number of hydrogen-bond donors (Lipinski definition) is 0. The van der Waals surface area contributed by atoms with E-state index in [1.54, 1.807) is 6.07 Å². The van der Waals surface area contributed by atoms with Crippen LogP contribution in [0.5, 0.6) is 0 Å². The Morgan fingerprint density at radius 2 is 2.03 bits per heavy atom. The SMILES string of the molecule is CCCCC[N+]1=c2cc/c(=C(/C=N/S[NH-])C(=C(/CC)[N+](=O)[O-])\[N+](=O)[O-])cc2CCC1. The van der Waals surface area contributed by atoms with Crippen LogP contribution < -0.4 is 15.2 Å². The molecule has 0 radical (unpaired) electrons. The van der Waals surface area contributed by atoms with Gasteiger partial charge in [0.1, 0.15) is 13.1 Å². The Kier molecular flexibility index (Phi) is 9.13. The van der Waals surface area contributed by atoms with Crippen LogP contribution in [0.1, 0.15) is 51.5 Å². The summed E-state index contributed by atoms with van der Waals surface area (Å²) >= 11 is 0.397. The van der Waals surface area contributed by atoms with Crippen LogP contribution in [0.4, 0.5) is 0 Å². The van der Waals surface area contributed by atoms with E-state index in [0.717, 1.165) is 49.7 Å². The first-order valence-corrected chi connectivity index (χ1v) is 10.8. The third kappa shape index (κ3) is 5.73. The van der Waals surface area contributed by atoms with Crippen molar-refractivity contribution in [1.29, 1.82) is 0 Å². The van der Waals surface area contributed by atoms with Crippen molar-refractivity contribution in [3.05, 3.63) is 71.1 Å². The second-order valence-corrected chi connectivity index (χ2v) is 7.44. The highest BCUT2D eigenvalue weighted by Gasteiger charge is 2.31. The monoisotopic (exact) mass is 433 g/mol. The van der Waals surface area contributed by atoms with Gasteiger partial charge in [-0.05, 0) is 30.2 Å². The van der Waals surface area contributed by atoms with Crippen LogP contribution in [0.15, 0.2) is 34.0 Å². The number of aryl methyl sites for hydroxylation is 1. The molecule has 0 saturated heterocycles. The van der Waals surface area contributed by atoms with Gasteiger partial charge in [-0.3, -0.25) is 20.2 Å². The fraction of sp³-hybridized carbons (Fsp3) is 0.500. The Hall–Kier alpha value is -2.59. The van der Waals surface area contributed by atoms with E-state index in [0.29, 0.717) is 17.4 Å². The molecule has 1 aliphatic rings. The molecule has 30 heavy (non-hydrogen) atoms. The van der Waals surface area contributed by atoms with Gasteiger partial charge in [-0.1, -0.05) is 20.3 Å². The third-order valence-electron chi connectivity index (χ3n) is 5.14. The van der Waals surface area contributed by atoms with Crippen LogP contribution >= 0.6 is 12.1 Å². The minimum absolute atomic E-state index is 0.0548. The van der Waals surface area contributed by atoms with Crippen molar-refractivity contribution in [2.45, 2.75) is 52.4 Å².